The van der Waals surface area contributed by atoms with E-state index in [1.807, 2.05) is 0 Å². The smallest absolute Gasteiger partial charge is 0.0616 e. The molecule has 2 aliphatic heterocycles. The second-order valence-electron chi connectivity index (χ2n) is 6.16. The first-order valence-electron chi connectivity index (χ1n) is 7.26. The van der Waals surface area contributed by atoms with Crippen LogP contribution in [0, 0.1) is 5.92 Å². The monoisotopic (exact) mass is 272 g/mol. The van der Waals surface area contributed by atoms with Gasteiger partial charge in [-0.15, -0.1) is 0 Å². The molecule has 2 heterocycles. The highest BCUT2D eigenvalue weighted by Gasteiger charge is 2.42. The number of thioether (sulfide) groups is 1. The first-order chi connectivity index (χ1) is 8.57. The molecule has 4 heteroatoms. The van der Waals surface area contributed by atoms with Crippen LogP contribution in [-0.4, -0.2) is 53.8 Å². The van der Waals surface area contributed by atoms with Crippen molar-refractivity contribution in [1.29, 1.82) is 0 Å². The van der Waals surface area contributed by atoms with Crippen LogP contribution in [-0.2, 0) is 4.74 Å². The Morgan fingerprint density at radius 1 is 1.50 bits per heavy atom. The van der Waals surface area contributed by atoms with Gasteiger partial charge in [-0.1, -0.05) is 20.8 Å². The molecule has 0 saturated carbocycles. The first kappa shape index (κ1) is 14.6. The van der Waals surface area contributed by atoms with Gasteiger partial charge in [-0.25, -0.2) is 0 Å². The second-order valence-corrected chi connectivity index (χ2v) is 7.71. The fourth-order valence-corrected chi connectivity index (χ4v) is 4.23. The number of nitrogens with two attached hydrogens (primary N) is 1. The summed E-state index contributed by atoms with van der Waals surface area (Å²) in [6.45, 7) is 10.9. The molecule has 0 bridgehead atoms. The van der Waals surface area contributed by atoms with E-state index in [4.69, 9.17) is 10.5 Å². The number of nitrogens with zero attached hydrogens (tertiary/aromatic N) is 1. The summed E-state index contributed by atoms with van der Waals surface area (Å²) in [7, 11) is 0. The van der Waals surface area contributed by atoms with E-state index >= 15 is 0 Å². The summed E-state index contributed by atoms with van der Waals surface area (Å²) in [5, 5.41) is 0.738. The van der Waals surface area contributed by atoms with E-state index in [1.165, 1.54) is 18.8 Å². The number of hydrogen-bond acceptors (Lipinski definition) is 4. The molecule has 0 aromatic rings. The van der Waals surface area contributed by atoms with Crippen LogP contribution in [0.3, 0.4) is 0 Å². The van der Waals surface area contributed by atoms with Gasteiger partial charge in [-0.3, -0.25) is 4.90 Å². The molecule has 2 rings (SSSR count). The van der Waals surface area contributed by atoms with Crippen LogP contribution in [0.1, 0.15) is 33.6 Å². The van der Waals surface area contributed by atoms with Crippen molar-refractivity contribution in [2.45, 2.75) is 50.5 Å². The van der Waals surface area contributed by atoms with Crippen LogP contribution in [0.15, 0.2) is 0 Å². The van der Waals surface area contributed by atoms with Gasteiger partial charge in [0.2, 0.25) is 0 Å². The third kappa shape index (κ3) is 3.03. The van der Waals surface area contributed by atoms with Crippen LogP contribution in [0.5, 0.6) is 0 Å². The highest BCUT2D eigenvalue weighted by atomic mass is 32.2. The highest BCUT2D eigenvalue weighted by Crippen LogP contribution is 2.35. The lowest BCUT2D eigenvalue weighted by molar-refractivity contribution is -0.0866. The Labute approximate surface area is 116 Å². The Balaban J connectivity index is 2.08. The third-order valence-electron chi connectivity index (χ3n) is 4.52. The normalized spacial score (nSPS) is 39.2. The minimum atomic E-state index is 0.197. The van der Waals surface area contributed by atoms with E-state index in [0.29, 0.717) is 12.0 Å². The molecule has 2 saturated heterocycles. The van der Waals surface area contributed by atoms with Crippen LogP contribution >= 0.6 is 11.8 Å². The Bertz CT molecular complexity index is 275. The van der Waals surface area contributed by atoms with Crippen LogP contribution < -0.4 is 5.73 Å². The van der Waals surface area contributed by atoms with Gasteiger partial charge in [0.05, 0.1) is 6.10 Å². The Kier molecular flexibility index (Phi) is 4.98. The van der Waals surface area contributed by atoms with Gasteiger partial charge in [0.1, 0.15) is 0 Å². The van der Waals surface area contributed by atoms with E-state index in [-0.39, 0.29) is 5.54 Å². The summed E-state index contributed by atoms with van der Waals surface area (Å²) >= 11 is 2.09. The van der Waals surface area contributed by atoms with Crippen molar-refractivity contribution in [3.05, 3.63) is 0 Å². The molecule has 3 nitrogen and oxygen atoms in total. The average Bonchev–Trinajstić information content (AvgIpc) is 2.38. The van der Waals surface area contributed by atoms with Gasteiger partial charge >= 0.3 is 0 Å². The summed E-state index contributed by atoms with van der Waals surface area (Å²) in [6, 6.07) is 0. The molecule has 0 aromatic heterocycles. The first-order valence-corrected chi connectivity index (χ1v) is 8.30. The van der Waals surface area contributed by atoms with E-state index in [1.54, 1.807) is 0 Å². The largest absolute Gasteiger partial charge is 0.378 e. The topological polar surface area (TPSA) is 38.5 Å². The van der Waals surface area contributed by atoms with Crippen LogP contribution in [0.4, 0.5) is 0 Å². The molecule has 0 amide bonds. The molecular formula is C14H28N2OS. The SMILES string of the molecule is CC1CN(C2(CN)CCOC(C(C)C)C2)CCS1. The molecule has 0 aromatic carbocycles. The molecule has 3 unspecified atom stereocenters. The van der Waals surface area contributed by atoms with Crippen molar-refractivity contribution in [1.82, 2.24) is 4.90 Å². The standard InChI is InChI=1S/C14H28N2OS/c1-11(2)13-8-14(10-15,4-6-17-13)16-5-7-18-12(3)9-16/h11-13H,4-10,15H2,1-3H3. The third-order valence-corrected chi connectivity index (χ3v) is 5.65. The number of rotatable bonds is 3. The maximum Gasteiger partial charge on any atom is 0.0616 e. The summed E-state index contributed by atoms with van der Waals surface area (Å²) in [6.07, 6.45) is 2.59. The van der Waals surface area contributed by atoms with Crippen LogP contribution in [0.25, 0.3) is 0 Å². The minimum Gasteiger partial charge on any atom is -0.378 e. The summed E-state index contributed by atoms with van der Waals surface area (Å²) in [4.78, 5) is 2.66. The molecule has 0 radical (unpaired) electrons. The molecule has 2 fully saturated rings. The van der Waals surface area contributed by atoms with Gasteiger partial charge in [0.25, 0.3) is 0 Å². The lowest BCUT2D eigenvalue weighted by Crippen LogP contribution is -2.61. The maximum absolute atomic E-state index is 6.17. The van der Waals surface area contributed by atoms with Gasteiger partial charge in [0, 0.05) is 42.8 Å². The van der Waals surface area contributed by atoms with Gasteiger partial charge in [-0.05, 0) is 18.8 Å². The molecule has 0 aliphatic carbocycles. The van der Waals surface area contributed by atoms with Gasteiger partial charge in [0.15, 0.2) is 0 Å². The summed E-state index contributed by atoms with van der Waals surface area (Å²) < 4.78 is 5.93. The summed E-state index contributed by atoms with van der Waals surface area (Å²) in [5.41, 5.74) is 6.37. The lowest BCUT2D eigenvalue weighted by atomic mass is 9.81. The predicted molar refractivity (Wildman–Crippen MR) is 79.1 cm³/mol. The van der Waals surface area contributed by atoms with E-state index < -0.39 is 0 Å². The zero-order valence-corrected chi connectivity index (χ0v) is 12.8. The van der Waals surface area contributed by atoms with Crippen molar-refractivity contribution in [3.8, 4) is 0 Å². The zero-order valence-electron chi connectivity index (χ0n) is 12.0. The van der Waals surface area contributed by atoms with E-state index in [9.17, 15) is 0 Å². The van der Waals surface area contributed by atoms with E-state index in [0.717, 1.165) is 31.2 Å². The molecular weight excluding hydrogens is 244 g/mol. The fourth-order valence-electron chi connectivity index (χ4n) is 3.21. The molecule has 106 valence electrons. The Morgan fingerprint density at radius 3 is 2.89 bits per heavy atom. The second kappa shape index (κ2) is 6.12. The van der Waals surface area contributed by atoms with Crippen molar-refractivity contribution >= 4 is 11.8 Å². The molecule has 0 spiro atoms. The molecule has 18 heavy (non-hydrogen) atoms. The van der Waals surface area contributed by atoms with Crippen LogP contribution in [0.2, 0.25) is 0 Å². The number of hydrogen-bond donors (Lipinski definition) is 1. The van der Waals surface area contributed by atoms with Crippen molar-refractivity contribution < 1.29 is 4.74 Å². The Morgan fingerprint density at radius 2 is 2.28 bits per heavy atom. The van der Waals surface area contributed by atoms with Crippen molar-refractivity contribution in [2.75, 3.05) is 32.0 Å². The Hall–Kier alpha value is 0.230. The summed E-state index contributed by atoms with van der Waals surface area (Å²) in [5.74, 6) is 1.84. The zero-order chi connectivity index (χ0) is 13.2. The van der Waals surface area contributed by atoms with Gasteiger partial charge < -0.3 is 10.5 Å². The minimum absolute atomic E-state index is 0.197. The highest BCUT2D eigenvalue weighted by molar-refractivity contribution is 7.99. The number of ether oxygens (including phenoxy) is 1. The molecule has 2 aliphatic rings. The lowest BCUT2D eigenvalue weighted by Gasteiger charge is -2.51. The average molecular weight is 272 g/mol. The quantitative estimate of drug-likeness (QED) is 0.852. The van der Waals surface area contributed by atoms with Crippen molar-refractivity contribution in [2.24, 2.45) is 11.7 Å². The van der Waals surface area contributed by atoms with Crippen molar-refractivity contribution in [3.63, 3.8) is 0 Å². The molecule has 3 atom stereocenters. The fraction of sp³-hybridized carbons (Fsp3) is 1.00. The predicted octanol–water partition coefficient (Wildman–Crippen LogP) is 1.96. The molecule has 2 N–H and O–H groups in total. The maximum atomic E-state index is 6.17. The van der Waals surface area contributed by atoms with Gasteiger partial charge in [-0.2, -0.15) is 11.8 Å². The van der Waals surface area contributed by atoms with E-state index in [2.05, 4.69) is 37.4 Å².